The van der Waals surface area contributed by atoms with Crippen LogP contribution in [-0.2, 0) is 0 Å². The molecule has 0 aliphatic rings. The SMILES string of the molecule is O=C(c1ccccc1)c1sc2nnc(-c3ccccc3)c(-c3ccccc3)c2c1N=Cc1cccs1. The molecule has 6 aromatic rings. The Balaban J connectivity index is 1.68. The van der Waals surface area contributed by atoms with Crippen LogP contribution in [0.1, 0.15) is 20.1 Å². The van der Waals surface area contributed by atoms with Crippen LogP contribution in [0.25, 0.3) is 32.6 Å². The maximum absolute atomic E-state index is 13.7. The second-order valence-electron chi connectivity index (χ2n) is 8.08. The van der Waals surface area contributed by atoms with Crippen molar-refractivity contribution in [3.8, 4) is 22.4 Å². The smallest absolute Gasteiger partial charge is 0.205 e. The summed E-state index contributed by atoms with van der Waals surface area (Å²) < 4.78 is 0. The summed E-state index contributed by atoms with van der Waals surface area (Å²) in [4.78, 5) is 20.9. The first-order valence-corrected chi connectivity index (χ1v) is 13.1. The molecule has 0 radical (unpaired) electrons. The van der Waals surface area contributed by atoms with Crippen LogP contribution in [0, 0.1) is 0 Å². The number of nitrogens with zero attached hydrogens (tertiary/aromatic N) is 3. The average Bonchev–Trinajstić information content (AvgIpc) is 3.60. The van der Waals surface area contributed by atoms with Gasteiger partial charge in [-0.1, -0.05) is 97.1 Å². The predicted octanol–water partition coefficient (Wildman–Crippen LogP) is 8.07. The van der Waals surface area contributed by atoms with Gasteiger partial charge in [0.2, 0.25) is 5.78 Å². The van der Waals surface area contributed by atoms with E-state index in [-0.39, 0.29) is 5.78 Å². The highest BCUT2D eigenvalue weighted by Crippen LogP contribution is 2.46. The van der Waals surface area contributed by atoms with Crippen LogP contribution in [0.5, 0.6) is 0 Å². The van der Waals surface area contributed by atoms with Crippen LogP contribution in [0.4, 0.5) is 5.69 Å². The van der Waals surface area contributed by atoms with E-state index in [1.165, 1.54) is 11.3 Å². The Bertz CT molecular complexity index is 1670. The lowest BCUT2D eigenvalue weighted by molar-refractivity contribution is 0.104. The number of rotatable bonds is 6. The van der Waals surface area contributed by atoms with Crippen molar-refractivity contribution in [3.63, 3.8) is 0 Å². The number of fused-ring (bicyclic) bond motifs is 1. The van der Waals surface area contributed by atoms with Gasteiger partial charge in [-0.15, -0.1) is 32.9 Å². The summed E-state index contributed by atoms with van der Waals surface area (Å²) in [6.07, 6.45) is 1.82. The highest BCUT2D eigenvalue weighted by atomic mass is 32.1. The van der Waals surface area contributed by atoms with Crippen molar-refractivity contribution in [3.05, 3.63) is 124 Å². The molecule has 36 heavy (non-hydrogen) atoms. The number of aromatic nitrogens is 2. The third kappa shape index (κ3) is 4.17. The number of thiophene rings is 2. The summed E-state index contributed by atoms with van der Waals surface area (Å²) in [5.74, 6) is -0.0720. The van der Waals surface area contributed by atoms with Gasteiger partial charge in [0.05, 0.1) is 5.69 Å². The summed E-state index contributed by atoms with van der Waals surface area (Å²) in [6, 6.07) is 33.5. The summed E-state index contributed by atoms with van der Waals surface area (Å²) in [5.41, 5.74) is 4.89. The average molecular weight is 502 g/mol. The molecular formula is C30H19N3OS2. The predicted molar refractivity (Wildman–Crippen MR) is 150 cm³/mol. The third-order valence-corrected chi connectivity index (χ3v) is 7.68. The first-order valence-electron chi connectivity index (χ1n) is 11.4. The number of aliphatic imine (C=N–C) groups is 1. The van der Waals surface area contributed by atoms with Crippen LogP contribution in [0.2, 0.25) is 0 Å². The molecule has 3 aromatic heterocycles. The fourth-order valence-electron chi connectivity index (χ4n) is 4.14. The minimum Gasteiger partial charge on any atom is -0.288 e. The van der Waals surface area contributed by atoms with Gasteiger partial charge < -0.3 is 0 Å². The quantitative estimate of drug-likeness (QED) is 0.171. The Kier molecular flexibility index (Phi) is 6.03. The Morgan fingerprint density at radius 2 is 1.42 bits per heavy atom. The lowest BCUT2D eigenvalue weighted by Gasteiger charge is -2.11. The number of carbonyl (C=O) groups excluding carboxylic acids is 1. The first kappa shape index (κ1) is 22.2. The number of hydrogen-bond donors (Lipinski definition) is 0. The van der Waals surface area contributed by atoms with E-state index in [0.717, 1.165) is 32.6 Å². The lowest BCUT2D eigenvalue weighted by Crippen LogP contribution is -1.98. The zero-order chi connectivity index (χ0) is 24.3. The Morgan fingerprint density at radius 1 is 0.750 bits per heavy atom. The van der Waals surface area contributed by atoms with Crippen molar-refractivity contribution in [1.82, 2.24) is 10.2 Å². The van der Waals surface area contributed by atoms with E-state index in [9.17, 15) is 4.79 Å². The van der Waals surface area contributed by atoms with Crippen molar-refractivity contribution in [2.75, 3.05) is 0 Å². The fraction of sp³-hybridized carbons (Fsp3) is 0. The third-order valence-electron chi connectivity index (χ3n) is 5.81. The zero-order valence-corrected chi connectivity index (χ0v) is 20.7. The molecule has 6 rings (SSSR count). The van der Waals surface area contributed by atoms with Gasteiger partial charge in [0, 0.05) is 33.2 Å². The standard InChI is InChI=1S/C30H19N3OS2/c34-28(22-15-8-3-9-16-22)29-27(31-19-23-17-10-18-35-23)25-24(20-11-4-1-5-12-20)26(32-33-30(25)36-29)21-13-6-2-7-14-21/h1-19H. The molecule has 0 aliphatic carbocycles. The molecule has 0 saturated carbocycles. The summed E-state index contributed by atoms with van der Waals surface area (Å²) >= 11 is 2.95. The molecule has 0 saturated heterocycles. The van der Waals surface area contributed by atoms with Crippen LogP contribution < -0.4 is 0 Å². The van der Waals surface area contributed by atoms with Gasteiger partial charge in [0.25, 0.3) is 0 Å². The van der Waals surface area contributed by atoms with E-state index in [4.69, 9.17) is 4.99 Å². The molecule has 4 nitrogen and oxygen atoms in total. The van der Waals surface area contributed by atoms with Gasteiger partial charge >= 0.3 is 0 Å². The lowest BCUT2D eigenvalue weighted by atomic mass is 9.96. The Hall–Kier alpha value is -4.26. The van der Waals surface area contributed by atoms with E-state index < -0.39 is 0 Å². The van der Waals surface area contributed by atoms with Crippen molar-refractivity contribution < 1.29 is 4.79 Å². The van der Waals surface area contributed by atoms with Crippen molar-refractivity contribution >= 4 is 50.6 Å². The highest BCUT2D eigenvalue weighted by Gasteiger charge is 2.25. The summed E-state index contributed by atoms with van der Waals surface area (Å²) in [7, 11) is 0. The topological polar surface area (TPSA) is 55.2 Å². The van der Waals surface area contributed by atoms with E-state index >= 15 is 0 Å². The van der Waals surface area contributed by atoms with Crippen LogP contribution in [0.3, 0.4) is 0 Å². The van der Waals surface area contributed by atoms with Gasteiger partial charge in [-0.2, -0.15) is 0 Å². The van der Waals surface area contributed by atoms with Gasteiger partial charge in [-0.25, -0.2) is 0 Å². The van der Waals surface area contributed by atoms with Crippen molar-refractivity contribution in [2.45, 2.75) is 0 Å². The molecule has 3 heterocycles. The van der Waals surface area contributed by atoms with Crippen molar-refractivity contribution in [2.24, 2.45) is 4.99 Å². The molecule has 0 fully saturated rings. The Labute approximate surface area is 216 Å². The second kappa shape index (κ2) is 9.77. The highest BCUT2D eigenvalue weighted by molar-refractivity contribution is 7.21. The van der Waals surface area contributed by atoms with Gasteiger partial charge in [0.15, 0.2) is 0 Å². The number of benzene rings is 3. The summed E-state index contributed by atoms with van der Waals surface area (Å²) in [5, 5.41) is 12.1. The normalized spacial score (nSPS) is 11.3. The van der Waals surface area contributed by atoms with Gasteiger partial charge in [-0.3, -0.25) is 9.79 Å². The maximum Gasteiger partial charge on any atom is 0.205 e. The van der Waals surface area contributed by atoms with E-state index in [0.29, 0.717) is 21.0 Å². The number of ketones is 1. The molecule has 0 bridgehead atoms. The van der Waals surface area contributed by atoms with Crippen LogP contribution >= 0.6 is 22.7 Å². The molecule has 172 valence electrons. The van der Waals surface area contributed by atoms with Crippen molar-refractivity contribution in [1.29, 1.82) is 0 Å². The second-order valence-corrected chi connectivity index (χ2v) is 10.1. The number of hydrogen-bond acceptors (Lipinski definition) is 6. The molecule has 6 heteroatoms. The van der Waals surface area contributed by atoms with Gasteiger partial charge in [-0.05, 0) is 17.0 Å². The minimum absolute atomic E-state index is 0.0720. The first-order chi connectivity index (χ1) is 17.8. The van der Waals surface area contributed by atoms with E-state index in [1.807, 2.05) is 103 Å². The number of carbonyl (C=O) groups is 1. The molecule has 0 amide bonds. The van der Waals surface area contributed by atoms with Crippen LogP contribution in [0.15, 0.2) is 114 Å². The molecule has 0 aliphatic heterocycles. The molecule has 0 spiro atoms. The molecule has 3 aromatic carbocycles. The van der Waals surface area contributed by atoms with E-state index in [1.54, 1.807) is 11.3 Å². The van der Waals surface area contributed by atoms with Crippen LogP contribution in [-0.4, -0.2) is 22.2 Å². The maximum atomic E-state index is 13.7. The zero-order valence-electron chi connectivity index (χ0n) is 19.0. The van der Waals surface area contributed by atoms with Gasteiger partial charge in [0.1, 0.15) is 15.4 Å². The molecule has 0 atom stereocenters. The molecule has 0 N–H and O–H groups in total. The minimum atomic E-state index is -0.0720. The summed E-state index contributed by atoms with van der Waals surface area (Å²) in [6.45, 7) is 0. The molecule has 0 unspecified atom stereocenters. The Morgan fingerprint density at radius 3 is 2.08 bits per heavy atom. The fourth-order valence-corrected chi connectivity index (χ4v) is 5.77. The monoisotopic (exact) mass is 501 g/mol. The van der Waals surface area contributed by atoms with E-state index in [2.05, 4.69) is 22.3 Å². The largest absolute Gasteiger partial charge is 0.288 e. The molecular weight excluding hydrogens is 482 g/mol.